The van der Waals surface area contributed by atoms with E-state index in [1.54, 1.807) is 7.11 Å². The second-order valence-corrected chi connectivity index (χ2v) is 6.90. The summed E-state index contributed by atoms with van der Waals surface area (Å²) in [6.07, 6.45) is 0.951. The molecule has 0 atom stereocenters. The first-order chi connectivity index (χ1) is 13.1. The van der Waals surface area contributed by atoms with Crippen molar-refractivity contribution in [3.63, 3.8) is 0 Å². The molecule has 0 aliphatic carbocycles. The summed E-state index contributed by atoms with van der Waals surface area (Å²) < 4.78 is 16.5. The molecular weight excluding hydrogens is 342 g/mol. The van der Waals surface area contributed by atoms with Crippen molar-refractivity contribution in [2.24, 2.45) is 10.9 Å². The van der Waals surface area contributed by atoms with Gasteiger partial charge in [0.25, 0.3) is 0 Å². The van der Waals surface area contributed by atoms with Crippen molar-refractivity contribution in [3.8, 4) is 5.75 Å². The maximum atomic E-state index is 5.84. The van der Waals surface area contributed by atoms with E-state index in [0.717, 1.165) is 50.0 Å². The number of nitrogens with one attached hydrogen (secondary N) is 2. The summed E-state index contributed by atoms with van der Waals surface area (Å²) >= 11 is 0. The van der Waals surface area contributed by atoms with E-state index in [-0.39, 0.29) is 0 Å². The Labute approximate surface area is 164 Å². The summed E-state index contributed by atoms with van der Waals surface area (Å²) in [4.78, 5) is 4.69. The number of methoxy groups -OCH3 is 1. The van der Waals surface area contributed by atoms with Gasteiger partial charge in [-0.2, -0.15) is 0 Å². The Morgan fingerprint density at radius 1 is 1.15 bits per heavy atom. The molecule has 0 aliphatic rings. The van der Waals surface area contributed by atoms with Gasteiger partial charge < -0.3 is 24.8 Å². The normalized spacial score (nSPS) is 11.7. The standard InChI is InChI=1S/C21H37N3O3/c1-6-22-21(23-10-7-11-26-16-17(2)3)24-15-19-9-8-18(4)14-20(19)27-13-12-25-5/h8-9,14,17H,6-7,10-13,15-16H2,1-5H3,(H2,22,23,24). The van der Waals surface area contributed by atoms with Gasteiger partial charge in [0.2, 0.25) is 0 Å². The number of nitrogens with zero attached hydrogens (tertiary/aromatic N) is 1. The van der Waals surface area contributed by atoms with Gasteiger partial charge in [0.15, 0.2) is 5.96 Å². The van der Waals surface area contributed by atoms with Gasteiger partial charge in [0.05, 0.1) is 13.2 Å². The topological polar surface area (TPSA) is 64.1 Å². The second kappa shape index (κ2) is 14.3. The third kappa shape index (κ3) is 10.8. The molecule has 1 aromatic carbocycles. The smallest absolute Gasteiger partial charge is 0.191 e. The van der Waals surface area contributed by atoms with E-state index in [0.29, 0.717) is 25.7 Å². The molecule has 1 aromatic rings. The molecule has 0 saturated carbocycles. The van der Waals surface area contributed by atoms with Crippen LogP contribution in [0, 0.1) is 12.8 Å². The molecule has 6 nitrogen and oxygen atoms in total. The SMILES string of the molecule is CCNC(=NCc1ccc(C)cc1OCCOC)NCCCOCC(C)C. The number of aryl methyl sites for hydroxylation is 1. The minimum atomic E-state index is 0.533. The molecule has 0 heterocycles. The summed E-state index contributed by atoms with van der Waals surface area (Å²) in [5, 5.41) is 6.64. The summed E-state index contributed by atoms with van der Waals surface area (Å²) in [6, 6.07) is 6.21. The van der Waals surface area contributed by atoms with Crippen molar-refractivity contribution in [3.05, 3.63) is 29.3 Å². The summed E-state index contributed by atoms with van der Waals surface area (Å²) in [5.74, 6) is 2.25. The molecule has 0 amide bonds. The van der Waals surface area contributed by atoms with Crippen molar-refractivity contribution >= 4 is 5.96 Å². The van der Waals surface area contributed by atoms with Crippen LogP contribution >= 0.6 is 0 Å². The molecule has 0 spiro atoms. The molecule has 0 fully saturated rings. The third-order valence-corrected chi connectivity index (χ3v) is 3.73. The van der Waals surface area contributed by atoms with Crippen LogP contribution in [0.15, 0.2) is 23.2 Å². The molecule has 6 heteroatoms. The molecule has 0 radical (unpaired) electrons. The lowest BCUT2D eigenvalue weighted by molar-refractivity contribution is 0.108. The molecular formula is C21H37N3O3. The number of benzene rings is 1. The number of aliphatic imine (C=N–C) groups is 1. The van der Waals surface area contributed by atoms with E-state index in [1.807, 2.05) is 6.07 Å². The highest BCUT2D eigenvalue weighted by Gasteiger charge is 2.05. The van der Waals surface area contributed by atoms with Crippen LogP contribution in [-0.4, -0.2) is 52.6 Å². The van der Waals surface area contributed by atoms with Gasteiger partial charge in [-0.1, -0.05) is 26.0 Å². The fourth-order valence-corrected chi connectivity index (χ4v) is 2.37. The van der Waals surface area contributed by atoms with Gasteiger partial charge in [0.1, 0.15) is 12.4 Å². The minimum absolute atomic E-state index is 0.533. The Balaban J connectivity index is 2.55. The second-order valence-electron chi connectivity index (χ2n) is 6.90. The van der Waals surface area contributed by atoms with Gasteiger partial charge >= 0.3 is 0 Å². The van der Waals surface area contributed by atoms with Gasteiger partial charge in [-0.25, -0.2) is 4.99 Å². The Morgan fingerprint density at radius 3 is 2.67 bits per heavy atom. The van der Waals surface area contributed by atoms with Crippen LogP contribution in [0.1, 0.15) is 38.3 Å². The number of ether oxygens (including phenoxy) is 3. The Bertz CT molecular complexity index is 547. The first-order valence-electron chi connectivity index (χ1n) is 9.88. The quantitative estimate of drug-likeness (QED) is 0.313. The Kier molecular flexibility index (Phi) is 12.3. The van der Waals surface area contributed by atoms with E-state index >= 15 is 0 Å². The first kappa shape index (κ1) is 23.2. The molecule has 2 N–H and O–H groups in total. The van der Waals surface area contributed by atoms with E-state index in [1.165, 1.54) is 5.56 Å². The fourth-order valence-electron chi connectivity index (χ4n) is 2.37. The molecule has 1 rings (SSSR count). The zero-order valence-corrected chi connectivity index (χ0v) is 17.6. The Morgan fingerprint density at radius 2 is 1.96 bits per heavy atom. The number of guanidine groups is 1. The van der Waals surface area contributed by atoms with Crippen LogP contribution in [0.3, 0.4) is 0 Å². The van der Waals surface area contributed by atoms with Crippen molar-refractivity contribution < 1.29 is 14.2 Å². The lowest BCUT2D eigenvalue weighted by Gasteiger charge is -2.14. The molecule has 154 valence electrons. The van der Waals surface area contributed by atoms with E-state index < -0.39 is 0 Å². The summed E-state index contributed by atoms with van der Waals surface area (Å²) in [6.45, 7) is 13.3. The maximum Gasteiger partial charge on any atom is 0.191 e. The average molecular weight is 380 g/mol. The monoisotopic (exact) mass is 379 g/mol. The van der Waals surface area contributed by atoms with Crippen molar-refractivity contribution in [1.82, 2.24) is 10.6 Å². The molecule has 0 aliphatic heterocycles. The van der Waals surface area contributed by atoms with Crippen LogP contribution in [-0.2, 0) is 16.0 Å². The Hall–Kier alpha value is -1.79. The zero-order chi connectivity index (χ0) is 19.9. The van der Waals surface area contributed by atoms with Crippen LogP contribution in [0.5, 0.6) is 5.75 Å². The number of rotatable bonds is 13. The average Bonchev–Trinajstić information content (AvgIpc) is 2.63. The molecule has 0 saturated heterocycles. The molecule has 27 heavy (non-hydrogen) atoms. The highest BCUT2D eigenvalue weighted by atomic mass is 16.5. The molecule has 0 aromatic heterocycles. The molecule has 0 bridgehead atoms. The van der Waals surface area contributed by atoms with Crippen LogP contribution < -0.4 is 15.4 Å². The number of hydrogen-bond donors (Lipinski definition) is 2. The maximum absolute atomic E-state index is 5.84. The van der Waals surface area contributed by atoms with E-state index in [9.17, 15) is 0 Å². The highest BCUT2D eigenvalue weighted by molar-refractivity contribution is 5.79. The zero-order valence-electron chi connectivity index (χ0n) is 17.6. The van der Waals surface area contributed by atoms with Crippen molar-refractivity contribution in [2.75, 3.05) is 46.6 Å². The van der Waals surface area contributed by atoms with E-state index in [4.69, 9.17) is 19.2 Å². The van der Waals surface area contributed by atoms with Gasteiger partial charge in [0, 0.05) is 39.0 Å². The minimum Gasteiger partial charge on any atom is -0.491 e. The van der Waals surface area contributed by atoms with E-state index in [2.05, 4.69) is 50.5 Å². The largest absolute Gasteiger partial charge is 0.491 e. The predicted octanol–water partition coefficient (Wildman–Crippen LogP) is 3.14. The fraction of sp³-hybridized carbons (Fsp3) is 0.667. The first-order valence-corrected chi connectivity index (χ1v) is 9.88. The predicted molar refractivity (Wildman–Crippen MR) is 112 cm³/mol. The van der Waals surface area contributed by atoms with Gasteiger partial charge in [-0.05, 0) is 37.8 Å². The highest BCUT2D eigenvalue weighted by Crippen LogP contribution is 2.21. The van der Waals surface area contributed by atoms with Crippen LogP contribution in [0.4, 0.5) is 0 Å². The van der Waals surface area contributed by atoms with Crippen molar-refractivity contribution in [2.45, 2.75) is 40.7 Å². The van der Waals surface area contributed by atoms with Crippen LogP contribution in [0.2, 0.25) is 0 Å². The summed E-state index contributed by atoms with van der Waals surface area (Å²) in [7, 11) is 1.67. The van der Waals surface area contributed by atoms with Gasteiger partial charge in [-0.15, -0.1) is 0 Å². The third-order valence-electron chi connectivity index (χ3n) is 3.73. The lowest BCUT2D eigenvalue weighted by atomic mass is 10.1. The lowest BCUT2D eigenvalue weighted by Crippen LogP contribution is -2.38. The molecule has 0 unspecified atom stereocenters. The van der Waals surface area contributed by atoms with Gasteiger partial charge in [-0.3, -0.25) is 0 Å². The van der Waals surface area contributed by atoms with Crippen molar-refractivity contribution in [1.29, 1.82) is 0 Å². The summed E-state index contributed by atoms with van der Waals surface area (Å²) in [5.41, 5.74) is 2.23. The van der Waals surface area contributed by atoms with Crippen LogP contribution in [0.25, 0.3) is 0 Å². The number of hydrogen-bond acceptors (Lipinski definition) is 4.